The molecule has 2 fully saturated rings. The SMILES string of the molecule is CC(C)CCN(CCC(C)C)C(=O)c1ccc2nc(C3CCNCC3)n(CCCN3CCCC3)c2c1. The summed E-state index contributed by atoms with van der Waals surface area (Å²) < 4.78 is 2.46. The number of nitrogens with zero attached hydrogens (tertiary/aromatic N) is 4. The fourth-order valence-electron chi connectivity index (χ4n) is 5.69. The Bertz CT molecular complexity index is 957. The normalized spacial score (nSPS) is 17.6. The van der Waals surface area contributed by atoms with Crippen molar-refractivity contribution >= 4 is 16.9 Å². The number of amides is 1. The first-order chi connectivity index (χ1) is 17.4. The summed E-state index contributed by atoms with van der Waals surface area (Å²) in [5.41, 5.74) is 2.99. The van der Waals surface area contributed by atoms with Crippen molar-refractivity contribution in [3.63, 3.8) is 0 Å². The molecule has 36 heavy (non-hydrogen) atoms. The minimum Gasteiger partial charge on any atom is -0.339 e. The van der Waals surface area contributed by atoms with Crippen LogP contribution in [0.2, 0.25) is 0 Å². The van der Waals surface area contributed by atoms with Gasteiger partial charge in [-0.2, -0.15) is 0 Å². The number of imidazole rings is 1. The van der Waals surface area contributed by atoms with E-state index in [2.05, 4.69) is 59.5 Å². The zero-order chi connectivity index (χ0) is 25.5. The van der Waals surface area contributed by atoms with Crippen molar-refractivity contribution in [1.29, 1.82) is 0 Å². The van der Waals surface area contributed by atoms with E-state index in [1.54, 1.807) is 0 Å². The van der Waals surface area contributed by atoms with Crippen LogP contribution in [-0.4, -0.2) is 71.1 Å². The van der Waals surface area contributed by atoms with Crippen LogP contribution < -0.4 is 5.32 Å². The zero-order valence-corrected chi connectivity index (χ0v) is 23.3. The topological polar surface area (TPSA) is 53.4 Å². The smallest absolute Gasteiger partial charge is 0.253 e. The largest absolute Gasteiger partial charge is 0.339 e. The van der Waals surface area contributed by atoms with Crippen LogP contribution in [0, 0.1) is 11.8 Å². The molecule has 1 aromatic carbocycles. The summed E-state index contributed by atoms with van der Waals surface area (Å²) in [5, 5.41) is 3.50. The van der Waals surface area contributed by atoms with E-state index >= 15 is 0 Å². The van der Waals surface area contributed by atoms with Crippen LogP contribution in [-0.2, 0) is 6.54 Å². The second kappa shape index (κ2) is 13.0. The molecule has 6 nitrogen and oxygen atoms in total. The molecule has 0 saturated carbocycles. The number of rotatable bonds is 12. The van der Waals surface area contributed by atoms with Crippen molar-refractivity contribution in [2.75, 3.05) is 45.8 Å². The molecule has 6 heteroatoms. The average molecular weight is 496 g/mol. The molecule has 200 valence electrons. The molecule has 1 amide bonds. The van der Waals surface area contributed by atoms with Gasteiger partial charge in [-0.25, -0.2) is 4.98 Å². The second-order valence-electron chi connectivity index (χ2n) is 11.9. The Hall–Kier alpha value is -1.92. The van der Waals surface area contributed by atoms with Crippen molar-refractivity contribution in [2.24, 2.45) is 11.8 Å². The Kier molecular flexibility index (Phi) is 9.83. The number of benzene rings is 1. The highest BCUT2D eigenvalue weighted by Gasteiger charge is 2.24. The molecule has 1 N–H and O–H groups in total. The van der Waals surface area contributed by atoms with E-state index in [4.69, 9.17) is 4.98 Å². The minimum atomic E-state index is 0.173. The molecular weight excluding hydrogens is 446 g/mol. The van der Waals surface area contributed by atoms with Crippen molar-refractivity contribution in [3.8, 4) is 0 Å². The summed E-state index contributed by atoms with van der Waals surface area (Å²) in [4.78, 5) is 23.5. The predicted molar refractivity (Wildman–Crippen MR) is 150 cm³/mol. The summed E-state index contributed by atoms with van der Waals surface area (Å²) in [6.45, 7) is 17.3. The Balaban J connectivity index is 1.59. The molecule has 1 aromatic heterocycles. The third-order valence-corrected chi connectivity index (χ3v) is 8.02. The highest BCUT2D eigenvalue weighted by molar-refractivity contribution is 5.97. The van der Waals surface area contributed by atoms with Gasteiger partial charge in [0.2, 0.25) is 0 Å². The highest BCUT2D eigenvalue weighted by atomic mass is 16.2. The van der Waals surface area contributed by atoms with E-state index < -0.39 is 0 Å². The Morgan fingerprint density at radius 1 is 1.03 bits per heavy atom. The maximum Gasteiger partial charge on any atom is 0.253 e. The van der Waals surface area contributed by atoms with Crippen LogP contribution in [0.5, 0.6) is 0 Å². The van der Waals surface area contributed by atoms with Crippen LogP contribution in [0.3, 0.4) is 0 Å². The number of likely N-dealkylation sites (tertiary alicyclic amines) is 1. The number of aryl methyl sites for hydroxylation is 1. The monoisotopic (exact) mass is 495 g/mol. The maximum absolute atomic E-state index is 13.7. The Morgan fingerprint density at radius 2 is 1.69 bits per heavy atom. The van der Waals surface area contributed by atoms with Crippen molar-refractivity contribution in [2.45, 2.75) is 85.1 Å². The molecule has 2 aliphatic rings. The minimum absolute atomic E-state index is 0.173. The van der Waals surface area contributed by atoms with Crippen molar-refractivity contribution in [3.05, 3.63) is 29.6 Å². The van der Waals surface area contributed by atoms with Gasteiger partial charge in [-0.3, -0.25) is 4.79 Å². The van der Waals surface area contributed by atoms with Crippen LogP contribution in [0.4, 0.5) is 0 Å². The number of aromatic nitrogens is 2. The number of carbonyl (C=O) groups is 1. The molecule has 0 atom stereocenters. The molecule has 2 saturated heterocycles. The number of hydrogen-bond donors (Lipinski definition) is 1. The number of fused-ring (bicyclic) bond motifs is 1. The van der Waals surface area contributed by atoms with E-state index in [-0.39, 0.29) is 5.91 Å². The molecule has 0 bridgehead atoms. The number of nitrogens with one attached hydrogen (secondary N) is 1. The van der Waals surface area contributed by atoms with Gasteiger partial charge in [0.25, 0.3) is 5.91 Å². The fraction of sp³-hybridized carbons (Fsp3) is 0.733. The summed E-state index contributed by atoms with van der Waals surface area (Å²) >= 11 is 0. The van der Waals surface area contributed by atoms with Crippen LogP contribution >= 0.6 is 0 Å². The summed E-state index contributed by atoms with van der Waals surface area (Å²) in [7, 11) is 0. The first-order valence-corrected chi connectivity index (χ1v) is 14.6. The second-order valence-corrected chi connectivity index (χ2v) is 11.9. The van der Waals surface area contributed by atoms with E-state index in [0.29, 0.717) is 17.8 Å². The molecule has 2 aliphatic heterocycles. The summed E-state index contributed by atoms with van der Waals surface area (Å²) in [6, 6.07) is 6.24. The average Bonchev–Trinajstić information content (AvgIpc) is 3.52. The van der Waals surface area contributed by atoms with Gasteiger partial charge in [-0.1, -0.05) is 27.7 Å². The van der Waals surface area contributed by atoms with E-state index in [9.17, 15) is 4.79 Å². The van der Waals surface area contributed by atoms with E-state index in [1.165, 1.54) is 31.8 Å². The lowest BCUT2D eigenvalue weighted by molar-refractivity contribution is 0.0741. The molecule has 0 aliphatic carbocycles. The van der Waals surface area contributed by atoms with Gasteiger partial charge in [0.15, 0.2) is 0 Å². The first-order valence-electron chi connectivity index (χ1n) is 14.6. The Morgan fingerprint density at radius 3 is 2.33 bits per heavy atom. The first kappa shape index (κ1) is 27.1. The molecular formula is C30H49N5O. The quantitative estimate of drug-likeness (QED) is 0.421. The fourth-order valence-corrected chi connectivity index (χ4v) is 5.69. The van der Waals surface area contributed by atoms with Crippen molar-refractivity contribution in [1.82, 2.24) is 24.7 Å². The van der Waals surface area contributed by atoms with Gasteiger partial charge in [0.1, 0.15) is 5.82 Å². The van der Waals surface area contributed by atoms with E-state index in [0.717, 1.165) is 88.0 Å². The van der Waals surface area contributed by atoms with Crippen LogP contribution in [0.1, 0.15) is 94.7 Å². The maximum atomic E-state index is 13.7. The van der Waals surface area contributed by atoms with Gasteiger partial charge in [-0.15, -0.1) is 0 Å². The number of hydrogen-bond acceptors (Lipinski definition) is 4. The predicted octanol–water partition coefficient (Wildman–Crippen LogP) is 5.52. The van der Waals surface area contributed by atoms with E-state index in [1.807, 2.05) is 6.07 Å². The van der Waals surface area contributed by atoms with Gasteiger partial charge < -0.3 is 19.7 Å². The molecule has 2 aromatic rings. The lowest BCUT2D eigenvalue weighted by Crippen LogP contribution is -2.34. The summed E-state index contributed by atoms with van der Waals surface area (Å²) in [5.74, 6) is 3.08. The molecule has 4 rings (SSSR count). The molecule has 3 heterocycles. The highest BCUT2D eigenvalue weighted by Crippen LogP contribution is 2.29. The Labute approximate surface area is 218 Å². The van der Waals surface area contributed by atoms with Gasteiger partial charge in [0.05, 0.1) is 11.0 Å². The number of carbonyl (C=O) groups excluding carboxylic acids is 1. The van der Waals surface area contributed by atoms with Crippen LogP contribution in [0.25, 0.3) is 11.0 Å². The third-order valence-electron chi connectivity index (χ3n) is 8.02. The number of piperidine rings is 1. The standard InChI is InChI=1S/C30H49N5O/c1-23(2)12-20-34(21-13-24(3)4)30(36)26-8-9-27-28(22-26)35(19-7-18-33-16-5-6-17-33)29(32-27)25-10-14-31-15-11-25/h8-9,22-25,31H,5-7,10-21H2,1-4H3. The molecule has 0 spiro atoms. The lowest BCUT2D eigenvalue weighted by atomic mass is 9.97. The van der Waals surface area contributed by atoms with Crippen molar-refractivity contribution < 1.29 is 4.79 Å². The third kappa shape index (κ3) is 7.10. The zero-order valence-electron chi connectivity index (χ0n) is 23.3. The van der Waals surface area contributed by atoms with Crippen LogP contribution in [0.15, 0.2) is 18.2 Å². The molecule has 0 radical (unpaired) electrons. The van der Waals surface area contributed by atoms with Gasteiger partial charge >= 0.3 is 0 Å². The molecule has 0 unspecified atom stereocenters. The van der Waals surface area contributed by atoms with Gasteiger partial charge in [0, 0.05) is 31.1 Å². The lowest BCUT2D eigenvalue weighted by Gasteiger charge is -2.25. The summed E-state index contributed by atoms with van der Waals surface area (Å²) in [6.07, 6.45) is 8.17. The van der Waals surface area contributed by atoms with Gasteiger partial charge in [-0.05, 0) is 108 Å².